The van der Waals surface area contributed by atoms with Gasteiger partial charge in [0.25, 0.3) is 0 Å². The zero-order chi connectivity index (χ0) is 21.3. The van der Waals surface area contributed by atoms with Gasteiger partial charge in [-0.2, -0.15) is 0 Å². The van der Waals surface area contributed by atoms with Crippen molar-refractivity contribution >= 4 is 44.2 Å². The maximum absolute atomic E-state index is 13.7. The molecule has 1 aromatic carbocycles. The molecular formula is C19H20ClF2N5O2S. The summed E-state index contributed by atoms with van der Waals surface area (Å²) in [5, 5.41) is 4.02. The summed E-state index contributed by atoms with van der Waals surface area (Å²) >= 11 is 7.83. The third kappa shape index (κ3) is 4.49. The number of nitrogen functional groups attached to an aromatic ring is 1. The molecule has 3 N–H and O–H groups in total. The molecule has 0 aliphatic heterocycles. The third-order valence-electron chi connectivity index (χ3n) is 4.83. The van der Waals surface area contributed by atoms with Crippen molar-refractivity contribution in [2.45, 2.75) is 44.3 Å². The van der Waals surface area contributed by atoms with Gasteiger partial charge in [-0.3, -0.25) is 0 Å². The fraction of sp³-hybridized carbons (Fsp3) is 0.421. The molecule has 1 aliphatic rings. The fourth-order valence-electron chi connectivity index (χ4n) is 3.44. The van der Waals surface area contributed by atoms with Crippen molar-refractivity contribution in [2.75, 3.05) is 18.2 Å². The maximum Gasteiger partial charge on any atom is 0.250 e. The molecule has 1 atom stereocenters. The number of nitrogens with two attached hydrogens (primary N) is 1. The van der Waals surface area contributed by atoms with E-state index in [1.165, 1.54) is 18.4 Å². The molecule has 0 amide bonds. The zero-order valence-electron chi connectivity index (χ0n) is 16.1. The fourth-order valence-corrected chi connectivity index (χ4v) is 4.74. The minimum Gasteiger partial charge on any atom is -0.494 e. The van der Waals surface area contributed by atoms with Crippen LogP contribution in [-0.2, 0) is 6.61 Å². The van der Waals surface area contributed by atoms with Gasteiger partial charge in [-0.15, -0.1) is 0 Å². The van der Waals surface area contributed by atoms with E-state index in [9.17, 15) is 8.78 Å². The molecule has 30 heavy (non-hydrogen) atoms. The Labute approximate surface area is 180 Å². The average Bonchev–Trinajstić information content (AvgIpc) is 3.11. The monoisotopic (exact) mass is 455 g/mol. The quantitative estimate of drug-likeness (QED) is 0.545. The van der Waals surface area contributed by atoms with Gasteiger partial charge in [0, 0.05) is 31.1 Å². The number of methoxy groups -OCH3 is 1. The van der Waals surface area contributed by atoms with Gasteiger partial charge in [-0.1, -0.05) is 22.9 Å². The van der Waals surface area contributed by atoms with E-state index in [0.717, 1.165) is 0 Å². The Bertz CT molecular complexity index is 1060. The van der Waals surface area contributed by atoms with Crippen LogP contribution in [0.2, 0.25) is 5.02 Å². The summed E-state index contributed by atoms with van der Waals surface area (Å²) in [6.07, 6.45) is 2.42. The third-order valence-corrected chi connectivity index (χ3v) is 6.32. The van der Waals surface area contributed by atoms with Crippen molar-refractivity contribution in [3.8, 4) is 11.5 Å². The van der Waals surface area contributed by atoms with Crippen LogP contribution in [0.1, 0.15) is 31.4 Å². The number of hydrogen-bond donors (Lipinski definition) is 2. The van der Waals surface area contributed by atoms with Crippen molar-refractivity contribution < 1.29 is 18.3 Å². The lowest BCUT2D eigenvalue weighted by molar-refractivity contribution is -0.0373. The number of halogens is 3. The lowest BCUT2D eigenvalue weighted by atomic mass is 9.92. The molecule has 0 bridgehead atoms. The molecule has 2 heterocycles. The average molecular weight is 456 g/mol. The van der Waals surface area contributed by atoms with Crippen LogP contribution in [0, 0.1) is 0 Å². The van der Waals surface area contributed by atoms with Crippen LogP contribution in [0.3, 0.4) is 0 Å². The molecule has 1 fully saturated rings. The molecule has 0 saturated heterocycles. The van der Waals surface area contributed by atoms with E-state index in [1.807, 2.05) is 0 Å². The van der Waals surface area contributed by atoms with E-state index in [-0.39, 0.29) is 31.4 Å². The second-order valence-corrected chi connectivity index (χ2v) is 8.45. The van der Waals surface area contributed by atoms with E-state index < -0.39 is 5.92 Å². The number of aromatic nitrogens is 3. The first-order chi connectivity index (χ1) is 14.3. The largest absolute Gasteiger partial charge is 0.494 e. The topological polar surface area (TPSA) is 95.2 Å². The molecule has 1 aliphatic carbocycles. The minimum atomic E-state index is -2.65. The van der Waals surface area contributed by atoms with E-state index in [2.05, 4.69) is 20.3 Å². The first-order valence-corrected chi connectivity index (χ1v) is 10.6. The number of hydrogen-bond acceptors (Lipinski definition) is 8. The molecule has 7 nitrogen and oxygen atoms in total. The Morgan fingerprint density at radius 2 is 2.20 bits per heavy atom. The lowest BCUT2D eigenvalue weighted by Gasteiger charge is -2.29. The number of nitrogens with zero attached hydrogens (tertiary/aromatic N) is 3. The van der Waals surface area contributed by atoms with Gasteiger partial charge in [0.05, 0.1) is 17.5 Å². The number of thiazole rings is 1. The number of alkyl halides is 2. The van der Waals surface area contributed by atoms with E-state index in [0.29, 0.717) is 50.4 Å². The first-order valence-electron chi connectivity index (χ1n) is 9.36. The van der Waals surface area contributed by atoms with Gasteiger partial charge >= 0.3 is 0 Å². The summed E-state index contributed by atoms with van der Waals surface area (Å²) in [5.74, 6) is -1.61. The van der Waals surface area contributed by atoms with Gasteiger partial charge in [0.1, 0.15) is 28.6 Å². The molecule has 160 valence electrons. The highest BCUT2D eigenvalue weighted by Crippen LogP contribution is 2.44. The van der Waals surface area contributed by atoms with Gasteiger partial charge in [0.2, 0.25) is 11.9 Å². The Morgan fingerprint density at radius 1 is 1.37 bits per heavy atom. The molecule has 3 aromatic rings. The van der Waals surface area contributed by atoms with Crippen LogP contribution >= 0.6 is 22.9 Å². The number of ether oxygens (including phenoxy) is 2. The summed E-state index contributed by atoms with van der Waals surface area (Å²) in [6.45, 7) is 0.141. The molecular weight excluding hydrogens is 436 g/mol. The SMILES string of the molecule is COc1cc(OCc2ccnc(N)n2)c(Cl)c2sc(NC3CCCC(F)(F)C3)nc12. The van der Waals surface area contributed by atoms with E-state index in [4.69, 9.17) is 26.8 Å². The Balaban J connectivity index is 1.58. The van der Waals surface area contributed by atoms with Crippen LogP contribution in [-0.4, -0.2) is 34.0 Å². The van der Waals surface area contributed by atoms with E-state index >= 15 is 0 Å². The van der Waals surface area contributed by atoms with E-state index in [1.54, 1.807) is 18.3 Å². The molecule has 1 unspecified atom stereocenters. The van der Waals surface area contributed by atoms with Gasteiger partial charge in [0.15, 0.2) is 5.13 Å². The molecule has 1 saturated carbocycles. The highest BCUT2D eigenvalue weighted by atomic mass is 35.5. The highest BCUT2D eigenvalue weighted by molar-refractivity contribution is 7.22. The standard InChI is InChI=1S/C19H20ClF2N5O2S/c1-28-13-7-12(29-9-11-4-6-24-17(23)25-11)14(20)16-15(13)27-18(30-16)26-10-3-2-5-19(21,22)8-10/h4,6-7,10H,2-3,5,8-9H2,1H3,(H,26,27)(H2,23,24,25). The number of rotatable bonds is 6. The summed E-state index contributed by atoms with van der Waals surface area (Å²) in [5.41, 5.74) is 6.74. The van der Waals surface area contributed by atoms with Crippen LogP contribution in [0.15, 0.2) is 18.3 Å². The van der Waals surface area contributed by atoms with Gasteiger partial charge in [-0.05, 0) is 18.9 Å². The first kappa shape index (κ1) is 20.8. The Morgan fingerprint density at radius 3 is 2.93 bits per heavy atom. The van der Waals surface area contributed by atoms with Crippen molar-refractivity contribution in [3.05, 3.63) is 29.0 Å². The van der Waals surface area contributed by atoms with Crippen LogP contribution < -0.4 is 20.5 Å². The molecule has 2 aromatic heterocycles. The molecule has 0 spiro atoms. The molecule has 0 radical (unpaired) electrons. The van der Waals surface area contributed by atoms with Crippen LogP contribution in [0.4, 0.5) is 19.9 Å². The number of nitrogens with one attached hydrogen (secondary N) is 1. The predicted octanol–water partition coefficient (Wildman–Crippen LogP) is 4.90. The van der Waals surface area contributed by atoms with Crippen molar-refractivity contribution in [1.29, 1.82) is 0 Å². The van der Waals surface area contributed by atoms with Crippen molar-refractivity contribution in [1.82, 2.24) is 15.0 Å². The summed E-state index contributed by atoms with van der Waals surface area (Å²) in [4.78, 5) is 12.5. The number of benzene rings is 1. The Kier molecular flexibility index (Phi) is 5.79. The minimum absolute atomic E-state index is 0.0661. The maximum atomic E-state index is 13.7. The Hall–Kier alpha value is -2.46. The summed E-state index contributed by atoms with van der Waals surface area (Å²) in [7, 11) is 1.52. The number of fused-ring (bicyclic) bond motifs is 1. The van der Waals surface area contributed by atoms with Crippen LogP contribution in [0.25, 0.3) is 10.2 Å². The lowest BCUT2D eigenvalue weighted by Crippen LogP contribution is -2.34. The summed E-state index contributed by atoms with van der Waals surface area (Å²) in [6, 6.07) is 3.00. The zero-order valence-corrected chi connectivity index (χ0v) is 17.7. The molecule has 4 rings (SSSR count). The van der Waals surface area contributed by atoms with Crippen LogP contribution in [0.5, 0.6) is 11.5 Å². The summed E-state index contributed by atoms with van der Waals surface area (Å²) < 4.78 is 39.3. The van der Waals surface area contributed by atoms with Crippen molar-refractivity contribution in [3.63, 3.8) is 0 Å². The smallest absolute Gasteiger partial charge is 0.250 e. The number of anilines is 2. The second kappa shape index (κ2) is 8.35. The highest BCUT2D eigenvalue weighted by Gasteiger charge is 2.36. The predicted molar refractivity (Wildman–Crippen MR) is 113 cm³/mol. The van der Waals surface area contributed by atoms with Gasteiger partial charge in [-0.25, -0.2) is 23.7 Å². The second-order valence-electron chi connectivity index (χ2n) is 7.08. The normalized spacial score (nSPS) is 18.3. The molecule has 11 heteroatoms. The van der Waals surface area contributed by atoms with Gasteiger partial charge < -0.3 is 20.5 Å². The van der Waals surface area contributed by atoms with Crippen molar-refractivity contribution in [2.24, 2.45) is 0 Å².